The largest absolute Gasteiger partial charge is 0.480 e. The Morgan fingerprint density at radius 3 is 2.00 bits per heavy atom. The summed E-state index contributed by atoms with van der Waals surface area (Å²) in [7, 11) is 0. The van der Waals surface area contributed by atoms with Gasteiger partial charge in [0.1, 0.15) is 24.5 Å². The second-order valence-electron chi connectivity index (χ2n) is 7.09. The third kappa shape index (κ3) is 8.69. The summed E-state index contributed by atoms with van der Waals surface area (Å²) in [6, 6.07) is 15.8. The zero-order chi connectivity index (χ0) is 22.6. The summed E-state index contributed by atoms with van der Waals surface area (Å²) in [6.45, 7) is 1.38. The van der Waals surface area contributed by atoms with Crippen molar-refractivity contribution in [3.8, 4) is 0 Å². The zero-order valence-corrected chi connectivity index (χ0v) is 17.2. The highest BCUT2D eigenvalue weighted by molar-refractivity contribution is 5.89. The quantitative estimate of drug-likeness (QED) is 0.507. The molecular formula is C23H26N2O6. The van der Waals surface area contributed by atoms with Gasteiger partial charge in [0.25, 0.3) is 0 Å². The predicted octanol–water partition coefficient (Wildman–Crippen LogP) is 2.46. The molecule has 31 heavy (non-hydrogen) atoms. The Hall–Kier alpha value is -3.68. The lowest BCUT2D eigenvalue weighted by Crippen LogP contribution is -2.52. The zero-order valence-electron chi connectivity index (χ0n) is 17.2. The Morgan fingerprint density at radius 1 is 0.871 bits per heavy atom. The number of carbonyl (C=O) groups is 4. The van der Waals surface area contributed by atoms with Crippen LogP contribution in [0.1, 0.15) is 30.9 Å². The smallest absolute Gasteiger partial charge is 0.408 e. The van der Waals surface area contributed by atoms with Crippen LogP contribution in [-0.4, -0.2) is 40.9 Å². The number of carboxylic acid groups (broad SMARTS) is 1. The van der Waals surface area contributed by atoms with E-state index < -0.39 is 30.1 Å². The number of Topliss-reactive ketones (excluding diaryl/α,β-unsaturated/α-hetero) is 1. The standard InChI is InChI=1S/C23H26N2O6/c1-16(26)12-13-19(22(28)29)24-21(27)20(14-17-8-4-2-5-9-17)25-23(30)31-15-18-10-6-3-7-11-18/h2-11,19-20H,12-15H2,1H3,(H,24,27)(H,25,30)(H,28,29)/t19-,20+/m0/s1. The van der Waals surface area contributed by atoms with Crippen LogP contribution in [0.4, 0.5) is 4.79 Å². The maximum absolute atomic E-state index is 12.8. The summed E-state index contributed by atoms with van der Waals surface area (Å²) in [6.07, 6.45) is -0.665. The van der Waals surface area contributed by atoms with Crippen molar-refractivity contribution < 1.29 is 29.0 Å². The van der Waals surface area contributed by atoms with E-state index in [-0.39, 0.29) is 31.7 Å². The molecule has 0 unspecified atom stereocenters. The Morgan fingerprint density at radius 2 is 1.45 bits per heavy atom. The molecule has 3 N–H and O–H groups in total. The van der Waals surface area contributed by atoms with Crippen molar-refractivity contribution in [1.29, 1.82) is 0 Å². The minimum absolute atomic E-state index is 0.0210. The van der Waals surface area contributed by atoms with E-state index in [4.69, 9.17) is 4.74 Å². The number of ketones is 1. The molecule has 0 saturated heterocycles. The summed E-state index contributed by atoms with van der Waals surface area (Å²) in [5.41, 5.74) is 1.57. The first kappa shape index (κ1) is 23.6. The first-order valence-electron chi connectivity index (χ1n) is 9.89. The molecular weight excluding hydrogens is 400 g/mol. The molecule has 0 aliphatic heterocycles. The number of alkyl carbamates (subject to hydrolysis) is 1. The highest BCUT2D eigenvalue weighted by atomic mass is 16.5. The molecule has 8 heteroatoms. The minimum Gasteiger partial charge on any atom is -0.480 e. The predicted molar refractivity (Wildman–Crippen MR) is 113 cm³/mol. The molecule has 2 amide bonds. The number of carbonyl (C=O) groups excluding carboxylic acids is 3. The van der Waals surface area contributed by atoms with Gasteiger partial charge in [-0.25, -0.2) is 9.59 Å². The van der Waals surface area contributed by atoms with Crippen molar-refractivity contribution in [2.24, 2.45) is 0 Å². The number of benzene rings is 2. The van der Waals surface area contributed by atoms with Gasteiger partial charge in [0.05, 0.1) is 0 Å². The van der Waals surface area contributed by atoms with Crippen molar-refractivity contribution in [3.63, 3.8) is 0 Å². The van der Waals surface area contributed by atoms with E-state index in [9.17, 15) is 24.3 Å². The first-order valence-corrected chi connectivity index (χ1v) is 9.89. The lowest BCUT2D eigenvalue weighted by atomic mass is 10.0. The van der Waals surface area contributed by atoms with Gasteiger partial charge in [0.2, 0.25) is 5.91 Å². The van der Waals surface area contributed by atoms with E-state index >= 15 is 0 Å². The van der Waals surface area contributed by atoms with Gasteiger partial charge in [0.15, 0.2) is 0 Å². The molecule has 0 fully saturated rings. The number of rotatable bonds is 11. The SMILES string of the molecule is CC(=O)CC[C@H](NC(=O)[C@@H](Cc1ccccc1)NC(=O)OCc1ccccc1)C(=O)O. The summed E-state index contributed by atoms with van der Waals surface area (Å²) >= 11 is 0. The second kappa shape index (κ2) is 12.1. The van der Waals surface area contributed by atoms with E-state index in [1.807, 2.05) is 24.3 Å². The van der Waals surface area contributed by atoms with Crippen molar-refractivity contribution in [2.75, 3.05) is 0 Å². The highest BCUT2D eigenvalue weighted by Gasteiger charge is 2.27. The normalized spacial score (nSPS) is 12.3. The van der Waals surface area contributed by atoms with Gasteiger partial charge < -0.3 is 25.3 Å². The third-order valence-corrected chi connectivity index (χ3v) is 4.50. The molecule has 2 aromatic carbocycles. The maximum Gasteiger partial charge on any atom is 0.408 e. The van der Waals surface area contributed by atoms with Gasteiger partial charge >= 0.3 is 12.1 Å². The Bertz CT molecular complexity index is 885. The van der Waals surface area contributed by atoms with E-state index in [1.54, 1.807) is 36.4 Å². The fourth-order valence-corrected chi connectivity index (χ4v) is 2.84. The number of hydrogen-bond donors (Lipinski definition) is 3. The number of nitrogens with one attached hydrogen (secondary N) is 2. The van der Waals surface area contributed by atoms with E-state index in [0.717, 1.165) is 11.1 Å². The molecule has 2 atom stereocenters. The number of amides is 2. The van der Waals surface area contributed by atoms with Crippen LogP contribution in [0.2, 0.25) is 0 Å². The van der Waals surface area contributed by atoms with Gasteiger partial charge in [-0.1, -0.05) is 60.7 Å². The third-order valence-electron chi connectivity index (χ3n) is 4.50. The molecule has 164 valence electrons. The van der Waals surface area contributed by atoms with Gasteiger partial charge in [-0.3, -0.25) is 4.79 Å². The average molecular weight is 426 g/mol. The average Bonchev–Trinajstić information content (AvgIpc) is 2.75. The molecule has 2 aromatic rings. The van der Waals surface area contributed by atoms with Crippen LogP contribution >= 0.6 is 0 Å². The monoisotopic (exact) mass is 426 g/mol. The van der Waals surface area contributed by atoms with E-state index in [0.29, 0.717) is 0 Å². The molecule has 0 radical (unpaired) electrons. The molecule has 0 aliphatic carbocycles. The summed E-state index contributed by atoms with van der Waals surface area (Å²) in [4.78, 5) is 47.7. The Balaban J connectivity index is 2.05. The summed E-state index contributed by atoms with van der Waals surface area (Å²) in [5, 5.41) is 14.3. The molecule has 0 bridgehead atoms. The van der Waals surface area contributed by atoms with Crippen LogP contribution in [0, 0.1) is 0 Å². The van der Waals surface area contributed by atoms with Crippen molar-refractivity contribution in [2.45, 2.75) is 44.9 Å². The fraction of sp³-hybridized carbons (Fsp3) is 0.304. The fourth-order valence-electron chi connectivity index (χ4n) is 2.84. The summed E-state index contributed by atoms with van der Waals surface area (Å²) < 4.78 is 5.19. The first-order chi connectivity index (χ1) is 14.8. The maximum atomic E-state index is 12.8. The van der Waals surface area contributed by atoms with Crippen LogP contribution in [0.15, 0.2) is 60.7 Å². The number of carboxylic acids is 1. The highest BCUT2D eigenvalue weighted by Crippen LogP contribution is 2.07. The Kier molecular flexibility index (Phi) is 9.22. The molecule has 2 rings (SSSR count). The molecule has 0 heterocycles. The van der Waals surface area contributed by atoms with Gasteiger partial charge in [-0.2, -0.15) is 0 Å². The van der Waals surface area contributed by atoms with Crippen LogP contribution in [0.25, 0.3) is 0 Å². The van der Waals surface area contributed by atoms with Gasteiger partial charge in [-0.05, 0) is 24.5 Å². The molecule has 0 aliphatic rings. The van der Waals surface area contributed by atoms with Crippen molar-refractivity contribution >= 4 is 23.8 Å². The van der Waals surface area contributed by atoms with Crippen LogP contribution in [-0.2, 0) is 32.1 Å². The molecule has 0 aromatic heterocycles. The molecule has 0 saturated carbocycles. The van der Waals surface area contributed by atoms with Crippen molar-refractivity contribution in [3.05, 3.63) is 71.8 Å². The lowest BCUT2D eigenvalue weighted by molar-refractivity contribution is -0.142. The molecule has 0 spiro atoms. The molecule has 8 nitrogen and oxygen atoms in total. The lowest BCUT2D eigenvalue weighted by Gasteiger charge is -2.21. The van der Waals surface area contributed by atoms with Crippen molar-refractivity contribution in [1.82, 2.24) is 10.6 Å². The minimum atomic E-state index is -1.25. The number of hydrogen-bond acceptors (Lipinski definition) is 5. The number of aliphatic carboxylic acids is 1. The topological polar surface area (TPSA) is 122 Å². The van der Waals surface area contributed by atoms with E-state index in [2.05, 4.69) is 10.6 Å². The van der Waals surface area contributed by atoms with Gasteiger partial charge in [0, 0.05) is 12.8 Å². The van der Waals surface area contributed by atoms with Crippen LogP contribution in [0.5, 0.6) is 0 Å². The van der Waals surface area contributed by atoms with Gasteiger partial charge in [-0.15, -0.1) is 0 Å². The van der Waals surface area contributed by atoms with E-state index in [1.165, 1.54) is 6.92 Å². The summed E-state index contributed by atoms with van der Waals surface area (Å²) in [5.74, 6) is -2.10. The number of ether oxygens (including phenoxy) is 1. The Labute approximate surface area is 180 Å². The van der Waals surface area contributed by atoms with Crippen LogP contribution < -0.4 is 10.6 Å². The second-order valence-corrected chi connectivity index (χ2v) is 7.09. The van der Waals surface area contributed by atoms with Crippen LogP contribution in [0.3, 0.4) is 0 Å².